The van der Waals surface area contributed by atoms with Crippen molar-refractivity contribution in [3.05, 3.63) is 27.8 Å². The zero-order chi connectivity index (χ0) is 19.0. The van der Waals surface area contributed by atoms with Gasteiger partial charge in [0.05, 0.1) is 11.6 Å². The fourth-order valence-corrected chi connectivity index (χ4v) is 3.68. The molecule has 0 radical (unpaired) electrons. The van der Waals surface area contributed by atoms with E-state index in [1.807, 2.05) is 18.7 Å². The second-order valence-electron chi connectivity index (χ2n) is 6.66. The first kappa shape index (κ1) is 18.4. The first-order valence-corrected chi connectivity index (χ1v) is 9.00. The Labute approximate surface area is 156 Å². The summed E-state index contributed by atoms with van der Waals surface area (Å²) in [5.74, 6) is 0.462. The molecule has 8 nitrogen and oxygen atoms in total. The Hall–Kier alpha value is -2.35. The number of aryl methyl sites for hydroxylation is 1. The summed E-state index contributed by atoms with van der Waals surface area (Å²) in [7, 11) is 1.64. The molecule has 2 aromatic rings. The summed E-state index contributed by atoms with van der Waals surface area (Å²) in [4.78, 5) is 36.0. The van der Waals surface area contributed by atoms with Gasteiger partial charge in [-0.15, -0.1) is 0 Å². The number of rotatable bonds is 3. The quantitative estimate of drug-likeness (QED) is 0.823. The number of nitrogens with zero attached hydrogens (tertiary/aromatic N) is 5. The molecule has 2 atom stereocenters. The van der Waals surface area contributed by atoms with Gasteiger partial charge in [0.1, 0.15) is 10.7 Å². The second kappa shape index (κ2) is 7.11. The van der Waals surface area contributed by atoms with E-state index in [1.54, 1.807) is 19.2 Å². The maximum atomic E-state index is 12.3. The Morgan fingerprint density at radius 1 is 1.35 bits per heavy atom. The van der Waals surface area contributed by atoms with Crippen molar-refractivity contribution in [2.45, 2.75) is 38.8 Å². The highest BCUT2D eigenvalue weighted by Crippen LogP contribution is 2.28. The van der Waals surface area contributed by atoms with Crippen LogP contribution in [0.4, 0.5) is 10.6 Å². The predicted molar refractivity (Wildman–Crippen MR) is 100 cm³/mol. The minimum absolute atomic E-state index is 0.136. The largest absolute Gasteiger partial charge is 0.465 e. The lowest BCUT2D eigenvalue weighted by molar-refractivity contribution is 0.106. The van der Waals surface area contributed by atoms with E-state index < -0.39 is 6.09 Å². The van der Waals surface area contributed by atoms with Gasteiger partial charge in [-0.2, -0.15) is 4.98 Å². The van der Waals surface area contributed by atoms with Crippen LogP contribution in [0.2, 0.25) is 5.15 Å². The number of pyridine rings is 1. The van der Waals surface area contributed by atoms with Crippen LogP contribution in [0.5, 0.6) is 0 Å². The van der Waals surface area contributed by atoms with E-state index in [0.717, 1.165) is 12.8 Å². The number of hydrogen-bond donors (Lipinski definition) is 1. The summed E-state index contributed by atoms with van der Waals surface area (Å²) < 4.78 is 1.43. The van der Waals surface area contributed by atoms with Crippen molar-refractivity contribution in [3.8, 4) is 0 Å². The molecule has 1 amide bonds. The third kappa shape index (κ3) is 3.21. The molecule has 0 unspecified atom stereocenters. The number of halogens is 1. The minimum atomic E-state index is -0.919. The number of aromatic nitrogens is 3. The monoisotopic (exact) mass is 379 g/mol. The molecule has 26 heavy (non-hydrogen) atoms. The molecular weight excluding hydrogens is 358 g/mol. The van der Waals surface area contributed by atoms with Crippen molar-refractivity contribution in [1.82, 2.24) is 19.4 Å². The van der Waals surface area contributed by atoms with E-state index in [0.29, 0.717) is 35.1 Å². The number of anilines is 1. The first-order valence-electron chi connectivity index (χ1n) is 8.63. The van der Waals surface area contributed by atoms with Crippen LogP contribution >= 0.6 is 11.6 Å². The molecule has 9 heteroatoms. The molecule has 1 N–H and O–H groups in total. The summed E-state index contributed by atoms with van der Waals surface area (Å²) >= 11 is 6.07. The first-order chi connectivity index (χ1) is 12.3. The molecule has 1 aliphatic rings. The SMILES string of the molecule is CCC[C@@H]1CN(c2nc(=O)n(C)c3ccc(Cl)nc23)[C@@H](C)CN1C(=O)O. The lowest BCUT2D eigenvalue weighted by Gasteiger charge is -2.44. The van der Waals surface area contributed by atoms with E-state index in [4.69, 9.17) is 11.6 Å². The van der Waals surface area contributed by atoms with Crippen LogP contribution in [0.3, 0.4) is 0 Å². The van der Waals surface area contributed by atoms with Crippen LogP contribution in [-0.2, 0) is 7.05 Å². The van der Waals surface area contributed by atoms with Crippen LogP contribution in [0.25, 0.3) is 11.0 Å². The second-order valence-corrected chi connectivity index (χ2v) is 7.04. The average molecular weight is 380 g/mol. The molecule has 1 aliphatic heterocycles. The highest BCUT2D eigenvalue weighted by molar-refractivity contribution is 6.29. The molecule has 0 aliphatic carbocycles. The van der Waals surface area contributed by atoms with Crippen LogP contribution in [0.15, 0.2) is 16.9 Å². The highest BCUT2D eigenvalue weighted by atomic mass is 35.5. The van der Waals surface area contributed by atoms with Crippen LogP contribution in [0.1, 0.15) is 26.7 Å². The van der Waals surface area contributed by atoms with Crippen LogP contribution in [-0.4, -0.2) is 55.8 Å². The number of amides is 1. The van der Waals surface area contributed by atoms with E-state index in [-0.39, 0.29) is 17.8 Å². The van der Waals surface area contributed by atoms with Crippen molar-refractivity contribution >= 4 is 34.5 Å². The topological polar surface area (TPSA) is 91.6 Å². The molecule has 0 aromatic carbocycles. The standard InChI is InChI=1S/C17H22ClN5O3/c1-4-5-11-9-22(10(2)8-23(11)17(25)26)15-14-12(6-7-13(18)19-14)21(3)16(24)20-15/h6-7,10-11H,4-5,8-9H2,1-3H3,(H,25,26)/t10-,11+/m0/s1. The van der Waals surface area contributed by atoms with E-state index in [9.17, 15) is 14.7 Å². The smallest absolute Gasteiger partial charge is 0.407 e. The number of carbonyl (C=O) groups is 1. The molecule has 3 rings (SSSR count). The van der Waals surface area contributed by atoms with E-state index in [1.165, 1.54) is 9.47 Å². The van der Waals surface area contributed by atoms with Crippen LogP contribution < -0.4 is 10.6 Å². The molecule has 140 valence electrons. The number of hydrogen-bond acceptors (Lipinski definition) is 5. The molecule has 3 heterocycles. The van der Waals surface area contributed by atoms with Crippen molar-refractivity contribution in [3.63, 3.8) is 0 Å². The summed E-state index contributed by atoms with van der Waals surface area (Å²) in [5.41, 5.74) is 0.811. The summed E-state index contributed by atoms with van der Waals surface area (Å²) in [6, 6.07) is 3.09. The maximum Gasteiger partial charge on any atom is 0.407 e. The Morgan fingerprint density at radius 2 is 2.08 bits per heavy atom. The van der Waals surface area contributed by atoms with E-state index >= 15 is 0 Å². The molecule has 0 bridgehead atoms. The predicted octanol–water partition coefficient (Wildman–Crippen LogP) is 2.34. The zero-order valence-electron chi connectivity index (χ0n) is 15.0. The van der Waals surface area contributed by atoms with Crippen molar-refractivity contribution in [1.29, 1.82) is 0 Å². The zero-order valence-corrected chi connectivity index (χ0v) is 15.8. The normalized spacial score (nSPS) is 20.6. The third-order valence-corrected chi connectivity index (χ3v) is 5.09. The fraction of sp³-hybridized carbons (Fsp3) is 0.529. The Bertz CT molecular complexity index is 900. The summed E-state index contributed by atoms with van der Waals surface area (Å²) in [6.45, 7) is 4.76. The Balaban J connectivity index is 2.10. The number of fused-ring (bicyclic) bond motifs is 1. The van der Waals surface area contributed by atoms with Gasteiger partial charge in [0.25, 0.3) is 0 Å². The molecule has 2 aromatic heterocycles. The van der Waals surface area contributed by atoms with Gasteiger partial charge in [0.2, 0.25) is 0 Å². The number of carboxylic acid groups (broad SMARTS) is 1. The summed E-state index contributed by atoms with van der Waals surface area (Å²) in [6.07, 6.45) is 0.690. The molecule has 0 saturated carbocycles. The highest BCUT2D eigenvalue weighted by Gasteiger charge is 2.35. The van der Waals surface area contributed by atoms with Gasteiger partial charge in [-0.3, -0.25) is 4.57 Å². The Kier molecular flexibility index (Phi) is 5.04. The average Bonchev–Trinajstić information content (AvgIpc) is 2.59. The van der Waals surface area contributed by atoms with Gasteiger partial charge in [0.15, 0.2) is 5.82 Å². The lowest BCUT2D eigenvalue weighted by Crippen LogP contribution is -2.59. The molecular formula is C17H22ClN5O3. The van der Waals surface area contributed by atoms with Gasteiger partial charge in [-0.25, -0.2) is 14.6 Å². The van der Waals surface area contributed by atoms with Gasteiger partial charge >= 0.3 is 11.8 Å². The van der Waals surface area contributed by atoms with Crippen molar-refractivity contribution in [2.24, 2.45) is 7.05 Å². The molecule has 1 fully saturated rings. The fourth-order valence-electron chi connectivity index (χ4n) is 3.53. The van der Waals surface area contributed by atoms with Gasteiger partial charge in [-0.1, -0.05) is 24.9 Å². The lowest BCUT2D eigenvalue weighted by atomic mass is 10.0. The van der Waals surface area contributed by atoms with Crippen molar-refractivity contribution < 1.29 is 9.90 Å². The van der Waals surface area contributed by atoms with Crippen molar-refractivity contribution in [2.75, 3.05) is 18.0 Å². The van der Waals surface area contributed by atoms with Gasteiger partial charge < -0.3 is 14.9 Å². The molecule has 1 saturated heterocycles. The Morgan fingerprint density at radius 3 is 2.73 bits per heavy atom. The minimum Gasteiger partial charge on any atom is -0.465 e. The number of piperazine rings is 1. The van der Waals surface area contributed by atoms with E-state index in [2.05, 4.69) is 9.97 Å². The summed E-state index contributed by atoms with van der Waals surface area (Å²) in [5, 5.41) is 9.83. The van der Waals surface area contributed by atoms with Gasteiger partial charge in [-0.05, 0) is 25.5 Å². The maximum absolute atomic E-state index is 12.3. The molecule has 0 spiro atoms. The van der Waals surface area contributed by atoms with Crippen LogP contribution in [0, 0.1) is 0 Å². The van der Waals surface area contributed by atoms with Gasteiger partial charge in [0, 0.05) is 26.2 Å². The third-order valence-electron chi connectivity index (χ3n) is 4.88.